The van der Waals surface area contributed by atoms with Gasteiger partial charge in [0.2, 0.25) is 0 Å². The molecule has 1 aromatic rings. The molecule has 1 amide bonds. The standard InChI is InChI=1S/C13H15Br2NO2/c1-2-16(10-4-5-10)13(17)8-18-12-6-3-9(14)7-11(12)15/h3,6-7,10H,2,4-5,8H2,1H3. The molecular formula is C13H15Br2NO2. The lowest BCUT2D eigenvalue weighted by Gasteiger charge is -2.20. The highest BCUT2D eigenvalue weighted by atomic mass is 79.9. The lowest BCUT2D eigenvalue weighted by molar-refractivity contribution is -0.133. The predicted molar refractivity (Wildman–Crippen MR) is 77.7 cm³/mol. The van der Waals surface area contributed by atoms with Gasteiger partial charge in [0.25, 0.3) is 5.91 Å². The van der Waals surface area contributed by atoms with Crippen molar-refractivity contribution in [3.63, 3.8) is 0 Å². The van der Waals surface area contributed by atoms with Crippen LogP contribution in [-0.4, -0.2) is 30.0 Å². The van der Waals surface area contributed by atoms with Crippen molar-refractivity contribution in [3.05, 3.63) is 27.1 Å². The second-order valence-corrected chi connectivity index (χ2v) is 6.04. The Balaban J connectivity index is 1.92. The van der Waals surface area contributed by atoms with Crippen molar-refractivity contribution in [2.24, 2.45) is 0 Å². The number of benzene rings is 1. The van der Waals surface area contributed by atoms with Crippen molar-refractivity contribution < 1.29 is 9.53 Å². The summed E-state index contributed by atoms with van der Waals surface area (Å²) in [7, 11) is 0. The molecule has 0 bridgehead atoms. The van der Waals surface area contributed by atoms with Crippen LogP contribution in [0.1, 0.15) is 19.8 Å². The Bertz CT molecular complexity index is 447. The largest absolute Gasteiger partial charge is 0.483 e. The number of hydrogen-bond acceptors (Lipinski definition) is 2. The molecule has 18 heavy (non-hydrogen) atoms. The Morgan fingerprint density at radius 2 is 2.17 bits per heavy atom. The molecule has 2 rings (SSSR count). The fourth-order valence-corrected chi connectivity index (χ4v) is 3.00. The highest BCUT2D eigenvalue weighted by molar-refractivity contribution is 9.11. The molecule has 0 atom stereocenters. The molecule has 1 aliphatic carbocycles. The summed E-state index contributed by atoms with van der Waals surface area (Å²) in [5.74, 6) is 0.758. The van der Waals surface area contributed by atoms with Crippen LogP contribution in [0, 0.1) is 0 Å². The van der Waals surface area contributed by atoms with E-state index < -0.39 is 0 Å². The first-order valence-corrected chi connectivity index (χ1v) is 7.57. The number of amides is 1. The van der Waals surface area contributed by atoms with Crippen molar-refractivity contribution in [2.45, 2.75) is 25.8 Å². The molecule has 0 saturated heterocycles. The van der Waals surface area contributed by atoms with Crippen molar-refractivity contribution in [2.75, 3.05) is 13.2 Å². The van der Waals surface area contributed by atoms with Crippen LogP contribution < -0.4 is 4.74 Å². The number of carbonyl (C=O) groups is 1. The van der Waals surface area contributed by atoms with Crippen molar-refractivity contribution in [1.82, 2.24) is 4.90 Å². The third-order valence-electron chi connectivity index (χ3n) is 2.89. The molecule has 0 aliphatic heterocycles. The number of rotatable bonds is 5. The second-order valence-electron chi connectivity index (χ2n) is 4.27. The van der Waals surface area contributed by atoms with E-state index in [-0.39, 0.29) is 12.5 Å². The third-order valence-corrected chi connectivity index (χ3v) is 4.01. The van der Waals surface area contributed by atoms with E-state index >= 15 is 0 Å². The van der Waals surface area contributed by atoms with Gasteiger partial charge in [-0.2, -0.15) is 0 Å². The molecule has 0 aromatic heterocycles. The molecule has 1 fully saturated rings. The fourth-order valence-electron chi connectivity index (χ4n) is 1.84. The van der Waals surface area contributed by atoms with Crippen LogP contribution in [0.5, 0.6) is 5.75 Å². The number of hydrogen-bond donors (Lipinski definition) is 0. The molecule has 5 heteroatoms. The van der Waals surface area contributed by atoms with Crippen LogP contribution in [-0.2, 0) is 4.79 Å². The van der Waals surface area contributed by atoms with E-state index in [9.17, 15) is 4.79 Å². The molecule has 0 spiro atoms. The number of halogens is 2. The Morgan fingerprint density at radius 3 is 2.72 bits per heavy atom. The predicted octanol–water partition coefficient (Wildman–Crippen LogP) is 3.60. The minimum Gasteiger partial charge on any atom is -0.483 e. The Morgan fingerprint density at radius 1 is 1.44 bits per heavy atom. The van der Waals surface area contributed by atoms with Gasteiger partial charge in [-0.25, -0.2) is 0 Å². The summed E-state index contributed by atoms with van der Waals surface area (Å²) in [6.45, 7) is 2.87. The van der Waals surface area contributed by atoms with E-state index in [0.29, 0.717) is 11.8 Å². The summed E-state index contributed by atoms with van der Waals surface area (Å²) in [5.41, 5.74) is 0. The molecule has 3 nitrogen and oxygen atoms in total. The van der Waals surface area contributed by atoms with Gasteiger partial charge < -0.3 is 9.64 Å². The van der Waals surface area contributed by atoms with Crippen LogP contribution in [0.2, 0.25) is 0 Å². The average Bonchev–Trinajstić information content (AvgIpc) is 3.13. The topological polar surface area (TPSA) is 29.5 Å². The first kappa shape index (κ1) is 13.9. The average molecular weight is 377 g/mol. The molecule has 1 saturated carbocycles. The lowest BCUT2D eigenvalue weighted by Crippen LogP contribution is -2.36. The second kappa shape index (κ2) is 6.06. The summed E-state index contributed by atoms with van der Waals surface area (Å²) in [4.78, 5) is 13.9. The maximum atomic E-state index is 12.0. The highest BCUT2D eigenvalue weighted by Gasteiger charge is 2.31. The number of nitrogens with zero attached hydrogens (tertiary/aromatic N) is 1. The van der Waals surface area contributed by atoms with Crippen LogP contribution in [0.15, 0.2) is 27.1 Å². The third kappa shape index (κ3) is 3.48. The van der Waals surface area contributed by atoms with E-state index in [1.165, 1.54) is 0 Å². The molecular weight excluding hydrogens is 362 g/mol. The van der Waals surface area contributed by atoms with Gasteiger partial charge in [-0.05, 0) is 53.9 Å². The van der Waals surface area contributed by atoms with Gasteiger partial charge in [0.1, 0.15) is 5.75 Å². The maximum Gasteiger partial charge on any atom is 0.260 e. The highest BCUT2D eigenvalue weighted by Crippen LogP contribution is 2.29. The van der Waals surface area contributed by atoms with Crippen LogP contribution in [0.25, 0.3) is 0 Å². The van der Waals surface area contributed by atoms with E-state index in [1.54, 1.807) is 0 Å². The molecule has 98 valence electrons. The lowest BCUT2D eigenvalue weighted by atomic mass is 10.3. The smallest absolute Gasteiger partial charge is 0.260 e. The minimum absolute atomic E-state index is 0.0646. The number of likely N-dealkylation sites (N-methyl/N-ethyl adjacent to an activating group) is 1. The molecule has 0 heterocycles. The van der Waals surface area contributed by atoms with Gasteiger partial charge in [-0.3, -0.25) is 4.79 Å². The summed E-state index contributed by atoms with van der Waals surface area (Å²) in [5, 5.41) is 0. The Labute approximate surface area is 124 Å². The summed E-state index contributed by atoms with van der Waals surface area (Å²) in [6.07, 6.45) is 2.25. The van der Waals surface area contributed by atoms with E-state index in [2.05, 4.69) is 31.9 Å². The summed E-state index contributed by atoms with van der Waals surface area (Å²) in [6, 6.07) is 6.08. The van der Waals surface area contributed by atoms with E-state index in [4.69, 9.17) is 4.74 Å². The number of carbonyl (C=O) groups excluding carboxylic acids is 1. The zero-order valence-electron chi connectivity index (χ0n) is 10.2. The first-order valence-electron chi connectivity index (χ1n) is 5.99. The van der Waals surface area contributed by atoms with Gasteiger partial charge in [0, 0.05) is 17.1 Å². The van der Waals surface area contributed by atoms with Gasteiger partial charge in [0.05, 0.1) is 4.47 Å². The zero-order chi connectivity index (χ0) is 13.1. The Hall–Kier alpha value is -0.550. The minimum atomic E-state index is 0.0646. The monoisotopic (exact) mass is 375 g/mol. The quantitative estimate of drug-likeness (QED) is 0.785. The van der Waals surface area contributed by atoms with Crippen LogP contribution in [0.3, 0.4) is 0 Å². The van der Waals surface area contributed by atoms with Gasteiger partial charge in [0.15, 0.2) is 6.61 Å². The van der Waals surface area contributed by atoms with Crippen molar-refractivity contribution in [3.8, 4) is 5.75 Å². The van der Waals surface area contributed by atoms with Gasteiger partial charge in [-0.15, -0.1) is 0 Å². The number of ether oxygens (including phenoxy) is 1. The molecule has 1 aliphatic rings. The van der Waals surface area contributed by atoms with Crippen molar-refractivity contribution in [1.29, 1.82) is 0 Å². The molecule has 0 unspecified atom stereocenters. The van der Waals surface area contributed by atoms with Crippen molar-refractivity contribution >= 4 is 37.8 Å². The normalized spacial score (nSPS) is 14.4. The van der Waals surface area contributed by atoms with Crippen LogP contribution in [0.4, 0.5) is 0 Å². The van der Waals surface area contributed by atoms with Crippen LogP contribution >= 0.6 is 31.9 Å². The van der Waals surface area contributed by atoms with E-state index in [0.717, 1.165) is 28.3 Å². The summed E-state index contributed by atoms with van der Waals surface area (Å²) >= 11 is 6.79. The molecule has 0 N–H and O–H groups in total. The SMILES string of the molecule is CCN(C(=O)COc1ccc(Br)cc1Br)C1CC1. The first-order chi connectivity index (χ1) is 8.61. The van der Waals surface area contributed by atoms with E-state index in [1.807, 2.05) is 30.0 Å². The summed E-state index contributed by atoms with van der Waals surface area (Å²) < 4.78 is 7.38. The van der Waals surface area contributed by atoms with Gasteiger partial charge in [-0.1, -0.05) is 15.9 Å². The zero-order valence-corrected chi connectivity index (χ0v) is 13.3. The molecule has 1 aromatic carbocycles. The maximum absolute atomic E-state index is 12.0. The van der Waals surface area contributed by atoms with Gasteiger partial charge >= 0.3 is 0 Å². The molecule has 0 radical (unpaired) electrons. The fraction of sp³-hybridized carbons (Fsp3) is 0.462. The Kier molecular flexibility index (Phi) is 4.67.